The van der Waals surface area contributed by atoms with Gasteiger partial charge in [-0.15, -0.1) is 0 Å². The summed E-state index contributed by atoms with van der Waals surface area (Å²) in [6, 6.07) is 2.23. The van der Waals surface area contributed by atoms with Crippen molar-refractivity contribution in [1.29, 1.82) is 5.26 Å². The van der Waals surface area contributed by atoms with Crippen LogP contribution in [0.1, 0.15) is 47.0 Å². The van der Waals surface area contributed by atoms with Crippen LogP contribution in [-0.4, -0.2) is 12.7 Å². The predicted octanol–water partition coefficient (Wildman–Crippen LogP) is 3.62. The fraction of sp³-hybridized carbons (Fsp3) is 0.929. The molecule has 0 aromatic rings. The summed E-state index contributed by atoms with van der Waals surface area (Å²) < 4.78 is 5.96. The topological polar surface area (TPSA) is 33.0 Å². The van der Waals surface area contributed by atoms with Crippen LogP contribution in [0.3, 0.4) is 0 Å². The average Bonchev–Trinajstić information content (AvgIpc) is 2.25. The summed E-state index contributed by atoms with van der Waals surface area (Å²) in [4.78, 5) is 0. The van der Waals surface area contributed by atoms with E-state index in [1.807, 2.05) is 6.92 Å². The van der Waals surface area contributed by atoms with Crippen LogP contribution < -0.4 is 0 Å². The van der Waals surface area contributed by atoms with E-state index < -0.39 is 0 Å². The molecule has 0 saturated heterocycles. The monoisotopic (exact) mass is 223 g/mol. The standard InChI is InChI=1S/C14H25NO/c1-10(2)13-6-5-11(3)7-14(13)16-9-12(4)8-15/h10-14H,5-7,9H2,1-4H3. The Labute approximate surface area is 100.0 Å². The second kappa shape index (κ2) is 6.25. The zero-order valence-electron chi connectivity index (χ0n) is 11.1. The third-order valence-corrected chi connectivity index (χ3v) is 3.74. The van der Waals surface area contributed by atoms with Gasteiger partial charge < -0.3 is 4.74 Å². The Kier molecular flexibility index (Phi) is 5.28. The Morgan fingerprint density at radius 2 is 2.00 bits per heavy atom. The van der Waals surface area contributed by atoms with Gasteiger partial charge in [-0.25, -0.2) is 0 Å². The minimum absolute atomic E-state index is 0.0186. The maximum atomic E-state index is 8.76. The highest BCUT2D eigenvalue weighted by atomic mass is 16.5. The summed E-state index contributed by atoms with van der Waals surface area (Å²) in [6.07, 6.45) is 4.15. The lowest BCUT2D eigenvalue weighted by Gasteiger charge is -2.37. The Hall–Kier alpha value is -0.550. The van der Waals surface area contributed by atoms with Crippen LogP contribution in [-0.2, 0) is 4.74 Å². The van der Waals surface area contributed by atoms with Crippen LogP contribution in [0.5, 0.6) is 0 Å². The molecule has 4 atom stereocenters. The van der Waals surface area contributed by atoms with Gasteiger partial charge in [0.2, 0.25) is 0 Å². The predicted molar refractivity (Wildman–Crippen MR) is 65.9 cm³/mol. The van der Waals surface area contributed by atoms with Crippen molar-refractivity contribution < 1.29 is 4.74 Å². The van der Waals surface area contributed by atoms with E-state index in [0.29, 0.717) is 24.5 Å². The molecule has 2 nitrogen and oxygen atoms in total. The van der Waals surface area contributed by atoms with E-state index in [9.17, 15) is 0 Å². The third kappa shape index (κ3) is 3.79. The third-order valence-electron chi connectivity index (χ3n) is 3.74. The highest BCUT2D eigenvalue weighted by Crippen LogP contribution is 2.35. The van der Waals surface area contributed by atoms with E-state index in [1.54, 1.807) is 0 Å². The van der Waals surface area contributed by atoms with Gasteiger partial charge in [-0.1, -0.05) is 27.2 Å². The summed E-state index contributed by atoms with van der Waals surface area (Å²) in [5.74, 6) is 2.17. The van der Waals surface area contributed by atoms with E-state index in [2.05, 4.69) is 26.8 Å². The first-order chi connectivity index (χ1) is 7.54. The number of nitriles is 1. The molecular formula is C14H25NO. The second-order valence-corrected chi connectivity index (χ2v) is 5.73. The van der Waals surface area contributed by atoms with Crippen molar-refractivity contribution in [2.45, 2.75) is 53.1 Å². The highest BCUT2D eigenvalue weighted by Gasteiger charge is 2.31. The van der Waals surface area contributed by atoms with Gasteiger partial charge in [0.15, 0.2) is 0 Å². The van der Waals surface area contributed by atoms with E-state index in [-0.39, 0.29) is 5.92 Å². The van der Waals surface area contributed by atoms with Crippen molar-refractivity contribution in [2.24, 2.45) is 23.7 Å². The molecule has 1 aliphatic carbocycles. The Bertz CT molecular complexity index is 244. The quantitative estimate of drug-likeness (QED) is 0.729. The lowest BCUT2D eigenvalue weighted by Crippen LogP contribution is -2.35. The van der Waals surface area contributed by atoms with Crippen LogP contribution in [0, 0.1) is 35.0 Å². The summed E-state index contributed by atoms with van der Waals surface area (Å²) in [5, 5.41) is 8.76. The molecule has 0 aromatic carbocycles. The van der Waals surface area contributed by atoms with Gasteiger partial charge in [-0.2, -0.15) is 5.26 Å². The number of rotatable bonds is 4. The van der Waals surface area contributed by atoms with Gasteiger partial charge in [0.1, 0.15) is 0 Å². The number of nitrogens with zero attached hydrogens (tertiary/aromatic N) is 1. The van der Waals surface area contributed by atoms with Gasteiger partial charge in [-0.3, -0.25) is 0 Å². The number of hydrogen-bond acceptors (Lipinski definition) is 2. The Balaban J connectivity index is 2.48. The molecule has 0 aliphatic heterocycles. The van der Waals surface area contributed by atoms with Crippen molar-refractivity contribution in [3.63, 3.8) is 0 Å². The molecule has 1 saturated carbocycles. The van der Waals surface area contributed by atoms with Crippen molar-refractivity contribution in [3.05, 3.63) is 0 Å². The first kappa shape index (κ1) is 13.5. The molecule has 92 valence electrons. The molecule has 0 bridgehead atoms. The minimum Gasteiger partial charge on any atom is -0.377 e. The van der Waals surface area contributed by atoms with Crippen molar-refractivity contribution in [1.82, 2.24) is 0 Å². The van der Waals surface area contributed by atoms with Gasteiger partial charge in [0.05, 0.1) is 24.7 Å². The smallest absolute Gasteiger partial charge is 0.0677 e. The van der Waals surface area contributed by atoms with Crippen LogP contribution in [0.4, 0.5) is 0 Å². The molecule has 1 fully saturated rings. The Morgan fingerprint density at radius 1 is 1.31 bits per heavy atom. The van der Waals surface area contributed by atoms with E-state index in [1.165, 1.54) is 19.3 Å². The second-order valence-electron chi connectivity index (χ2n) is 5.73. The van der Waals surface area contributed by atoms with Crippen molar-refractivity contribution in [2.75, 3.05) is 6.61 Å². The van der Waals surface area contributed by atoms with Crippen LogP contribution in [0.25, 0.3) is 0 Å². The van der Waals surface area contributed by atoms with Crippen LogP contribution >= 0.6 is 0 Å². The zero-order chi connectivity index (χ0) is 12.1. The lowest BCUT2D eigenvalue weighted by molar-refractivity contribution is -0.0444. The molecule has 1 aliphatic rings. The molecular weight excluding hydrogens is 198 g/mol. The Morgan fingerprint density at radius 3 is 2.56 bits per heavy atom. The maximum Gasteiger partial charge on any atom is 0.0677 e. The first-order valence-corrected chi connectivity index (χ1v) is 6.55. The molecule has 2 heteroatoms. The van der Waals surface area contributed by atoms with E-state index in [0.717, 1.165) is 5.92 Å². The van der Waals surface area contributed by atoms with Crippen LogP contribution in [0.2, 0.25) is 0 Å². The van der Waals surface area contributed by atoms with Crippen molar-refractivity contribution >= 4 is 0 Å². The molecule has 1 rings (SSSR count). The fourth-order valence-electron chi connectivity index (χ4n) is 2.61. The molecule has 0 aromatic heterocycles. The largest absolute Gasteiger partial charge is 0.377 e. The molecule has 16 heavy (non-hydrogen) atoms. The van der Waals surface area contributed by atoms with Gasteiger partial charge in [0.25, 0.3) is 0 Å². The number of hydrogen-bond donors (Lipinski definition) is 0. The molecule has 4 unspecified atom stereocenters. The summed E-state index contributed by atoms with van der Waals surface area (Å²) >= 11 is 0. The van der Waals surface area contributed by atoms with E-state index in [4.69, 9.17) is 10.00 Å². The normalized spacial score (nSPS) is 32.4. The average molecular weight is 223 g/mol. The molecule has 0 N–H and O–H groups in total. The molecule has 0 amide bonds. The summed E-state index contributed by atoms with van der Waals surface area (Å²) in [5.41, 5.74) is 0. The lowest BCUT2D eigenvalue weighted by atomic mass is 9.75. The highest BCUT2D eigenvalue weighted by molar-refractivity contribution is 4.83. The van der Waals surface area contributed by atoms with Crippen LogP contribution in [0.15, 0.2) is 0 Å². The first-order valence-electron chi connectivity index (χ1n) is 6.55. The molecule has 0 radical (unpaired) electrons. The molecule has 0 heterocycles. The summed E-state index contributed by atoms with van der Waals surface area (Å²) in [6.45, 7) is 9.39. The van der Waals surface area contributed by atoms with Crippen molar-refractivity contribution in [3.8, 4) is 6.07 Å². The minimum atomic E-state index is 0.0186. The number of ether oxygens (including phenoxy) is 1. The van der Waals surface area contributed by atoms with E-state index >= 15 is 0 Å². The molecule has 0 spiro atoms. The van der Waals surface area contributed by atoms with Gasteiger partial charge in [-0.05, 0) is 37.5 Å². The fourth-order valence-corrected chi connectivity index (χ4v) is 2.61. The maximum absolute atomic E-state index is 8.76. The summed E-state index contributed by atoms with van der Waals surface area (Å²) in [7, 11) is 0. The van der Waals surface area contributed by atoms with Gasteiger partial charge in [0, 0.05) is 0 Å². The van der Waals surface area contributed by atoms with Gasteiger partial charge >= 0.3 is 0 Å². The zero-order valence-corrected chi connectivity index (χ0v) is 11.1. The SMILES string of the molecule is CC(C#N)COC1CC(C)CCC1C(C)C.